The summed E-state index contributed by atoms with van der Waals surface area (Å²) in [6, 6.07) is 0. The van der Waals surface area contributed by atoms with Crippen LogP contribution < -0.4 is 0 Å². The minimum Gasteiger partial charge on any atom is -0.388 e. The van der Waals surface area contributed by atoms with E-state index in [1.165, 1.54) is 0 Å². The largest absolute Gasteiger partial charge is 0.388 e. The summed E-state index contributed by atoms with van der Waals surface area (Å²) in [6.45, 7) is 7.67. The Labute approximate surface area is 114 Å². The Hall–Kier alpha value is -0.910. The SMILES string of the molecule is CC(C)(C)c1cn(CC(O)C2(O)CCOCC2)cn1. The number of rotatable bonds is 3. The fraction of sp³-hybridized carbons (Fsp3) is 0.786. The predicted molar refractivity (Wildman–Crippen MR) is 71.9 cm³/mol. The molecule has 0 aliphatic carbocycles. The molecule has 19 heavy (non-hydrogen) atoms. The predicted octanol–water partition coefficient (Wildman–Crippen LogP) is 1.08. The summed E-state index contributed by atoms with van der Waals surface area (Å²) in [6.07, 6.45) is 3.82. The van der Waals surface area contributed by atoms with E-state index in [1.807, 2.05) is 10.8 Å². The molecule has 0 amide bonds. The van der Waals surface area contributed by atoms with Gasteiger partial charge in [0.05, 0.1) is 24.2 Å². The van der Waals surface area contributed by atoms with Crippen LogP contribution in [-0.2, 0) is 16.7 Å². The van der Waals surface area contributed by atoms with Gasteiger partial charge in [-0.2, -0.15) is 0 Å². The molecule has 2 heterocycles. The maximum atomic E-state index is 10.4. The van der Waals surface area contributed by atoms with Crippen molar-refractivity contribution in [2.75, 3.05) is 13.2 Å². The first-order valence-electron chi connectivity index (χ1n) is 6.82. The van der Waals surface area contributed by atoms with E-state index in [2.05, 4.69) is 25.8 Å². The summed E-state index contributed by atoms with van der Waals surface area (Å²) in [7, 11) is 0. The smallest absolute Gasteiger partial charge is 0.101 e. The minimum atomic E-state index is -1.04. The van der Waals surface area contributed by atoms with Crippen molar-refractivity contribution < 1.29 is 14.9 Å². The van der Waals surface area contributed by atoms with Gasteiger partial charge in [-0.1, -0.05) is 20.8 Å². The van der Waals surface area contributed by atoms with Crippen molar-refractivity contribution in [1.82, 2.24) is 9.55 Å². The Morgan fingerprint density at radius 2 is 2.05 bits per heavy atom. The Bertz CT molecular complexity index is 417. The summed E-state index contributed by atoms with van der Waals surface area (Å²) in [5.74, 6) is 0. The standard InChI is InChI=1S/C14H24N2O3/c1-13(2,3)11-8-16(10-15-11)9-12(17)14(18)4-6-19-7-5-14/h8,10,12,17-18H,4-7,9H2,1-3H3. The highest BCUT2D eigenvalue weighted by Gasteiger charge is 2.37. The molecule has 2 rings (SSSR count). The van der Waals surface area contributed by atoms with E-state index >= 15 is 0 Å². The van der Waals surface area contributed by atoms with Gasteiger partial charge in [0.1, 0.15) is 6.10 Å². The molecule has 1 aliphatic rings. The quantitative estimate of drug-likeness (QED) is 0.861. The Balaban J connectivity index is 2.02. The number of imidazole rings is 1. The van der Waals surface area contributed by atoms with Gasteiger partial charge in [-0.25, -0.2) is 4.98 Å². The summed E-state index contributed by atoms with van der Waals surface area (Å²) < 4.78 is 7.07. The molecule has 1 aliphatic heterocycles. The Kier molecular flexibility index (Phi) is 3.99. The summed E-state index contributed by atoms with van der Waals surface area (Å²) >= 11 is 0. The lowest BCUT2D eigenvalue weighted by Crippen LogP contribution is -2.48. The number of aromatic nitrogens is 2. The van der Waals surface area contributed by atoms with Gasteiger partial charge in [0.15, 0.2) is 0 Å². The molecule has 1 atom stereocenters. The number of ether oxygens (including phenoxy) is 1. The van der Waals surface area contributed by atoms with Crippen LogP contribution >= 0.6 is 0 Å². The molecule has 1 unspecified atom stereocenters. The van der Waals surface area contributed by atoms with Gasteiger partial charge in [-0.15, -0.1) is 0 Å². The third kappa shape index (κ3) is 3.35. The van der Waals surface area contributed by atoms with E-state index in [9.17, 15) is 10.2 Å². The second-order valence-corrected chi connectivity index (χ2v) is 6.44. The van der Waals surface area contributed by atoms with E-state index in [0.717, 1.165) is 5.69 Å². The zero-order valence-electron chi connectivity index (χ0n) is 12.0. The molecule has 1 fully saturated rings. The van der Waals surface area contributed by atoms with E-state index in [1.54, 1.807) is 6.33 Å². The summed E-state index contributed by atoms with van der Waals surface area (Å²) in [5, 5.41) is 20.6. The van der Waals surface area contributed by atoms with Gasteiger partial charge in [-0.05, 0) is 0 Å². The third-order valence-electron chi connectivity index (χ3n) is 3.76. The van der Waals surface area contributed by atoms with Crippen molar-refractivity contribution in [3.63, 3.8) is 0 Å². The van der Waals surface area contributed by atoms with Crippen LogP contribution in [0.4, 0.5) is 0 Å². The van der Waals surface area contributed by atoms with Crippen LogP contribution in [0.25, 0.3) is 0 Å². The topological polar surface area (TPSA) is 67.5 Å². The zero-order chi connectivity index (χ0) is 14.1. The van der Waals surface area contributed by atoms with Crippen molar-refractivity contribution in [2.45, 2.75) is 57.3 Å². The molecular weight excluding hydrogens is 244 g/mol. The maximum absolute atomic E-state index is 10.4. The average molecular weight is 268 g/mol. The molecule has 0 radical (unpaired) electrons. The van der Waals surface area contributed by atoms with Crippen molar-refractivity contribution in [3.05, 3.63) is 18.2 Å². The lowest BCUT2D eigenvalue weighted by atomic mass is 9.88. The van der Waals surface area contributed by atoms with Crippen LogP contribution in [0, 0.1) is 0 Å². The molecule has 0 saturated carbocycles. The Morgan fingerprint density at radius 1 is 1.42 bits per heavy atom. The summed E-state index contributed by atoms with van der Waals surface area (Å²) in [4.78, 5) is 4.35. The molecule has 1 aromatic rings. The van der Waals surface area contributed by atoms with E-state index in [4.69, 9.17) is 4.74 Å². The van der Waals surface area contributed by atoms with Crippen LogP contribution in [0.3, 0.4) is 0 Å². The summed E-state index contributed by atoms with van der Waals surface area (Å²) in [5.41, 5.74) is -0.0606. The van der Waals surface area contributed by atoms with Gasteiger partial charge in [0.2, 0.25) is 0 Å². The monoisotopic (exact) mass is 268 g/mol. The van der Waals surface area contributed by atoms with Gasteiger partial charge in [-0.3, -0.25) is 0 Å². The first-order chi connectivity index (χ1) is 8.81. The first-order valence-corrected chi connectivity index (χ1v) is 6.82. The lowest BCUT2D eigenvalue weighted by molar-refractivity contribution is -0.135. The lowest BCUT2D eigenvalue weighted by Gasteiger charge is -2.36. The van der Waals surface area contributed by atoms with E-state index in [0.29, 0.717) is 32.6 Å². The van der Waals surface area contributed by atoms with Crippen molar-refractivity contribution in [1.29, 1.82) is 0 Å². The number of hydrogen-bond donors (Lipinski definition) is 2. The fourth-order valence-electron chi connectivity index (χ4n) is 2.27. The molecule has 1 aromatic heterocycles. The highest BCUT2D eigenvalue weighted by molar-refractivity contribution is 5.09. The molecule has 5 heteroatoms. The molecule has 0 spiro atoms. The molecule has 2 N–H and O–H groups in total. The van der Waals surface area contributed by atoms with Crippen LogP contribution in [0.5, 0.6) is 0 Å². The zero-order valence-corrected chi connectivity index (χ0v) is 12.0. The van der Waals surface area contributed by atoms with E-state index in [-0.39, 0.29) is 5.41 Å². The second-order valence-electron chi connectivity index (χ2n) is 6.44. The highest BCUT2D eigenvalue weighted by atomic mass is 16.5. The fourth-order valence-corrected chi connectivity index (χ4v) is 2.27. The van der Waals surface area contributed by atoms with Crippen molar-refractivity contribution in [2.24, 2.45) is 0 Å². The molecule has 0 bridgehead atoms. The normalized spacial score (nSPS) is 21.3. The van der Waals surface area contributed by atoms with Gasteiger partial charge >= 0.3 is 0 Å². The highest BCUT2D eigenvalue weighted by Crippen LogP contribution is 2.26. The molecule has 1 saturated heterocycles. The minimum absolute atomic E-state index is 0.00815. The van der Waals surface area contributed by atoms with Crippen LogP contribution in [0.2, 0.25) is 0 Å². The second kappa shape index (κ2) is 5.23. The Morgan fingerprint density at radius 3 is 2.58 bits per heavy atom. The van der Waals surface area contributed by atoms with Crippen molar-refractivity contribution >= 4 is 0 Å². The number of hydrogen-bond acceptors (Lipinski definition) is 4. The van der Waals surface area contributed by atoms with Crippen LogP contribution in [0.1, 0.15) is 39.3 Å². The van der Waals surface area contributed by atoms with Gasteiger partial charge < -0.3 is 19.5 Å². The van der Waals surface area contributed by atoms with Gasteiger partial charge in [0.25, 0.3) is 0 Å². The van der Waals surface area contributed by atoms with Crippen molar-refractivity contribution in [3.8, 4) is 0 Å². The van der Waals surface area contributed by atoms with E-state index < -0.39 is 11.7 Å². The maximum Gasteiger partial charge on any atom is 0.101 e. The third-order valence-corrected chi connectivity index (χ3v) is 3.76. The molecule has 108 valence electrons. The molecule has 5 nitrogen and oxygen atoms in total. The number of nitrogens with zero attached hydrogens (tertiary/aromatic N) is 2. The number of aliphatic hydroxyl groups is 2. The molecular formula is C14H24N2O3. The van der Waals surface area contributed by atoms with Gasteiger partial charge in [0, 0.05) is 37.7 Å². The molecule has 0 aromatic carbocycles. The number of aliphatic hydroxyl groups excluding tert-OH is 1. The first kappa shape index (κ1) is 14.5. The average Bonchev–Trinajstić information content (AvgIpc) is 2.78. The van der Waals surface area contributed by atoms with Crippen LogP contribution in [-0.4, -0.2) is 44.7 Å². The van der Waals surface area contributed by atoms with Crippen LogP contribution in [0.15, 0.2) is 12.5 Å².